The van der Waals surface area contributed by atoms with Gasteiger partial charge in [-0.05, 0) is 71.9 Å². The van der Waals surface area contributed by atoms with Crippen molar-refractivity contribution in [3.8, 4) is 28.2 Å². The van der Waals surface area contributed by atoms with Crippen molar-refractivity contribution in [2.24, 2.45) is 0 Å². The Balaban J connectivity index is 1.96. The van der Waals surface area contributed by atoms with E-state index < -0.39 is 0 Å². The summed E-state index contributed by atoms with van der Waals surface area (Å²) < 4.78 is 2.43. The highest BCUT2D eigenvalue weighted by atomic mass is 15.3. The van der Waals surface area contributed by atoms with Crippen LogP contribution < -0.4 is 0 Å². The van der Waals surface area contributed by atoms with Crippen molar-refractivity contribution in [1.29, 1.82) is 0 Å². The maximum Gasteiger partial charge on any atom is 0.168 e. The number of nitrogens with zero attached hydrogens (tertiary/aromatic N) is 3. The van der Waals surface area contributed by atoms with Crippen molar-refractivity contribution < 1.29 is 0 Å². The van der Waals surface area contributed by atoms with E-state index in [0.717, 1.165) is 55.7 Å². The van der Waals surface area contributed by atoms with E-state index in [4.69, 9.17) is 10.2 Å². The van der Waals surface area contributed by atoms with Gasteiger partial charge in [0.25, 0.3) is 0 Å². The van der Waals surface area contributed by atoms with Crippen LogP contribution in [0.1, 0.15) is 122 Å². The smallest absolute Gasteiger partial charge is 0.168 e. The molecule has 0 N–H and O–H groups in total. The van der Waals surface area contributed by atoms with Gasteiger partial charge < -0.3 is 0 Å². The van der Waals surface area contributed by atoms with Crippen molar-refractivity contribution in [1.82, 2.24) is 14.8 Å². The van der Waals surface area contributed by atoms with Gasteiger partial charge in [-0.15, -0.1) is 10.2 Å². The minimum atomic E-state index is 0.00301. The molecule has 1 heterocycles. The first-order chi connectivity index (χ1) is 19.5. The minimum Gasteiger partial charge on any atom is -0.278 e. The van der Waals surface area contributed by atoms with E-state index in [2.05, 4.69) is 134 Å². The molecule has 0 fully saturated rings. The molecule has 0 radical (unpaired) electrons. The largest absolute Gasteiger partial charge is 0.278 e. The summed E-state index contributed by atoms with van der Waals surface area (Å²) in [4.78, 5) is 0. The second kappa shape index (κ2) is 12.8. The lowest BCUT2D eigenvalue weighted by atomic mass is 9.74. The van der Waals surface area contributed by atoms with Gasteiger partial charge >= 0.3 is 0 Å². The summed E-state index contributed by atoms with van der Waals surface area (Å²) in [6.07, 6.45) is 6.76. The third-order valence-corrected chi connectivity index (χ3v) is 8.57. The fraction of sp³-hybridized carbons (Fsp3) is 0.474. The zero-order valence-corrected chi connectivity index (χ0v) is 27.0. The van der Waals surface area contributed by atoms with Crippen molar-refractivity contribution in [2.45, 2.75) is 118 Å². The summed E-state index contributed by atoms with van der Waals surface area (Å²) in [6, 6.07) is 24.8. The summed E-state index contributed by atoms with van der Waals surface area (Å²) in [6.45, 7) is 20.5. The number of rotatable bonds is 11. The molecule has 4 rings (SSSR count). The molecule has 1 aromatic heterocycles. The van der Waals surface area contributed by atoms with Gasteiger partial charge in [-0.1, -0.05) is 135 Å². The average Bonchev–Trinajstić information content (AvgIpc) is 3.39. The molecule has 0 spiro atoms. The highest BCUT2D eigenvalue weighted by Crippen LogP contribution is 2.42. The minimum absolute atomic E-state index is 0.00301. The fourth-order valence-electron chi connectivity index (χ4n) is 6.53. The number of benzene rings is 3. The van der Waals surface area contributed by atoms with Gasteiger partial charge in [-0.2, -0.15) is 0 Å². The molecule has 4 aromatic rings. The van der Waals surface area contributed by atoms with Crippen LogP contribution in [0, 0.1) is 6.92 Å². The molecular weight excluding hydrogens is 498 g/mol. The normalized spacial score (nSPS) is 12.3. The Morgan fingerprint density at radius 3 is 1.88 bits per heavy atom. The lowest BCUT2D eigenvalue weighted by Gasteiger charge is -2.33. The van der Waals surface area contributed by atoms with Crippen LogP contribution in [-0.2, 0) is 10.8 Å². The second-order valence-electron chi connectivity index (χ2n) is 13.3. The Bertz CT molecular complexity index is 1420. The van der Waals surface area contributed by atoms with Crippen LogP contribution in [0.2, 0.25) is 0 Å². The number of aryl methyl sites for hydroxylation is 1. The molecule has 0 aliphatic heterocycles. The topological polar surface area (TPSA) is 30.7 Å². The van der Waals surface area contributed by atoms with E-state index in [0.29, 0.717) is 5.92 Å². The van der Waals surface area contributed by atoms with Crippen LogP contribution in [0.5, 0.6) is 0 Å². The van der Waals surface area contributed by atoms with Gasteiger partial charge in [-0.25, -0.2) is 0 Å². The average molecular weight is 550 g/mol. The molecule has 0 saturated carbocycles. The predicted octanol–water partition coefficient (Wildman–Crippen LogP) is 11.0. The molecule has 3 aromatic carbocycles. The van der Waals surface area contributed by atoms with Crippen LogP contribution in [-0.4, -0.2) is 14.8 Å². The Morgan fingerprint density at radius 1 is 0.707 bits per heavy atom. The van der Waals surface area contributed by atoms with Gasteiger partial charge in [0.05, 0.1) is 5.69 Å². The van der Waals surface area contributed by atoms with Crippen LogP contribution in [0.3, 0.4) is 0 Å². The Morgan fingerprint density at radius 2 is 1.32 bits per heavy atom. The molecule has 0 aliphatic carbocycles. The standard InChI is InChI=1S/C38H51N3/c1-10-22-38(23-11-2,24-12-3)36-40-39-35(41(36)34-21-16-28(6)25-33(34)27(4)5)31-15-13-14-30(26-31)29-17-19-32(20-18-29)37(7,8)9/h13-21,25-27H,10-12,22-24H2,1-9H3. The van der Waals surface area contributed by atoms with Crippen molar-refractivity contribution in [2.75, 3.05) is 0 Å². The second-order valence-corrected chi connectivity index (χ2v) is 13.3. The fourth-order valence-corrected chi connectivity index (χ4v) is 6.53. The predicted molar refractivity (Wildman–Crippen MR) is 176 cm³/mol. The maximum atomic E-state index is 5.07. The molecule has 0 amide bonds. The SMILES string of the molecule is CCCC(CCC)(CCC)c1nnc(-c2cccc(-c3ccc(C(C)(C)C)cc3)c2)n1-c1ccc(C)cc1C(C)C. The molecule has 3 nitrogen and oxygen atoms in total. The van der Waals surface area contributed by atoms with Crippen molar-refractivity contribution in [3.05, 3.63) is 89.2 Å². The van der Waals surface area contributed by atoms with Crippen LogP contribution in [0.15, 0.2) is 66.7 Å². The third-order valence-electron chi connectivity index (χ3n) is 8.57. The molecule has 0 atom stereocenters. The third kappa shape index (κ3) is 6.50. The molecule has 0 aliphatic rings. The van der Waals surface area contributed by atoms with E-state index in [-0.39, 0.29) is 10.8 Å². The van der Waals surface area contributed by atoms with Crippen molar-refractivity contribution >= 4 is 0 Å². The molecule has 0 bridgehead atoms. The highest BCUT2D eigenvalue weighted by Gasteiger charge is 2.37. The van der Waals surface area contributed by atoms with E-state index in [1.165, 1.54) is 33.5 Å². The van der Waals surface area contributed by atoms with Gasteiger partial charge in [-0.3, -0.25) is 4.57 Å². The number of aromatic nitrogens is 3. The first-order valence-electron chi connectivity index (χ1n) is 15.8. The molecule has 41 heavy (non-hydrogen) atoms. The molecule has 0 unspecified atom stereocenters. The Kier molecular flexibility index (Phi) is 9.57. The zero-order valence-electron chi connectivity index (χ0n) is 27.0. The maximum absolute atomic E-state index is 5.07. The first-order valence-corrected chi connectivity index (χ1v) is 15.8. The monoisotopic (exact) mass is 549 g/mol. The van der Waals surface area contributed by atoms with E-state index in [1.54, 1.807) is 0 Å². The summed E-state index contributed by atoms with van der Waals surface area (Å²) in [5, 5.41) is 10.1. The van der Waals surface area contributed by atoms with E-state index in [9.17, 15) is 0 Å². The van der Waals surface area contributed by atoms with Crippen LogP contribution >= 0.6 is 0 Å². The highest BCUT2D eigenvalue weighted by molar-refractivity contribution is 5.71. The van der Waals surface area contributed by atoms with Gasteiger partial charge in [0, 0.05) is 11.0 Å². The molecule has 3 heteroatoms. The molecule has 218 valence electrons. The van der Waals surface area contributed by atoms with E-state index in [1.807, 2.05) is 0 Å². The summed E-state index contributed by atoms with van der Waals surface area (Å²) >= 11 is 0. The van der Waals surface area contributed by atoms with Gasteiger partial charge in [0.2, 0.25) is 0 Å². The van der Waals surface area contributed by atoms with Crippen molar-refractivity contribution in [3.63, 3.8) is 0 Å². The first kappa shape index (κ1) is 30.8. The molecular formula is C38H51N3. The zero-order chi connectivity index (χ0) is 29.8. The lowest BCUT2D eigenvalue weighted by molar-refractivity contribution is 0.304. The van der Waals surface area contributed by atoms with Gasteiger partial charge in [0.15, 0.2) is 5.82 Å². The lowest BCUT2D eigenvalue weighted by Crippen LogP contribution is -2.30. The van der Waals surface area contributed by atoms with Crippen LogP contribution in [0.25, 0.3) is 28.2 Å². The quantitative estimate of drug-likeness (QED) is 0.186. The summed E-state index contributed by atoms with van der Waals surface area (Å²) in [5.41, 5.74) is 8.87. The summed E-state index contributed by atoms with van der Waals surface area (Å²) in [7, 11) is 0. The Hall–Kier alpha value is -3.20. The molecule has 0 saturated heterocycles. The van der Waals surface area contributed by atoms with Gasteiger partial charge in [0.1, 0.15) is 5.82 Å². The summed E-state index contributed by atoms with van der Waals surface area (Å²) in [5.74, 6) is 2.45. The Labute approximate surface area is 249 Å². The van der Waals surface area contributed by atoms with E-state index >= 15 is 0 Å². The van der Waals surface area contributed by atoms with Crippen LogP contribution in [0.4, 0.5) is 0 Å². The number of hydrogen-bond donors (Lipinski definition) is 0. The number of hydrogen-bond acceptors (Lipinski definition) is 2.